The lowest BCUT2D eigenvalue weighted by Gasteiger charge is -1.85. The van der Waals surface area contributed by atoms with E-state index in [1.807, 2.05) is 24.3 Å². The summed E-state index contributed by atoms with van der Waals surface area (Å²) in [5.41, 5.74) is 10.1. The first kappa shape index (κ1) is 46.8. The molecule has 0 amide bonds. The van der Waals surface area contributed by atoms with Crippen LogP contribution in [-0.2, 0) is 0 Å². The van der Waals surface area contributed by atoms with E-state index in [4.69, 9.17) is 8.83 Å². The van der Waals surface area contributed by atoms with Crippen molar-refractivity contribution in [3.63, 3.8) is 0 Å². The first-order valence-electron chi connectivity index (χ1n) is 21.7. The Morgan fingerprint density at radius 1 is 0.231 bits per heavy atom. The molecule has 18 aromatic heterocycles. The molecule has 18 heterocycles. The fraction of sp³-hybridized carbons (Fsp3) is 0. The number of aromatic nitrogens is 30. The summed E-state index contributed by atoms with van der Waals surface area (Å²) in [5, 5.41) is 84.2. The van der Waals surface area contributed by atoms with E-state index >= 15 is 0 Å². The maximum Gasteiger partial charge on any atom is 0.253 e. The van der Waals surface area contributed by atoms with Gasteiger partial charge in [-0.3, -0.25) is 0 Å². The van der Waals surface area contributed by atoms with E-state index < -0.39 is 0 Å². The van der Waals surface area contributed by atoms with Crippen molar-refractivity contribution in [3.05, 3.63) is 112 Å². The average Bonchev–Trinajstić information content (AvgIpc) is 4.41. The molecule has 78 heavy (non-hydrogen) atoms. The first-order valence-corrected chi connectivity index (χ1v) is 25.0. The van der Waals surface area contributed by atoms with E-state index in [0.717, 1.165) is 71.2 Å². The molecule has 18 aromatic rings. The minimum absolute atomic E-state index is 0.373. The topological polar surface area (TPSA) is 413 Å². The van der Waals surface area contributed by atoms with Gasteiger partial charge in [0.2, 0.25) is 0 Å². The predicted molar refractivity (Wildman–Crippen MR) is 279 cm³/mol. The summed E-state index contributed by atoms with van der Waals surface area (Å²) in [6.45, 7) is 0. The van der Waals surface area contributed by atoms with Crippen molar-refractivity contribution in [1.82, 2.24) is 152 Å². The minimum Gasteiger partial charge on any atom is -0.434 e. The molecule has 0 aromatic carbocycles. The van der Waals surface area contributed by atoms with Gasteiger partial charge in [0, 0.05) is 18.5 Å². The van der Waals surface area contributed by atoms with Gasteiger partial charge >= 0.3 is 0 Å². The van der Waals surface area contributed by atoms with Gasteiger partial charge in [-0.15, -0.1) is 121 Å². The van der Waals surface area contributed by atoms with Gasteiger partial charge in [0.1, 0.15) is 84.9 Å². The van der Waals surface area contributed by atoms with Crippen LogP contribution < -0.4 is 0 Å². The van der Waals surface area contributed by atoms with Crippen LogP contribution in [0.3, 0.4) is 0 Å². The summed E-state index contributed by atoms with van der Waals surface area (Å²) in [4.78, 5) is 35.6. The van der Waals surface area contributed by atoms with Crippen LogP contribution in [0.15, 0.2) is 121 Å². The van der Waals surface area contributed by atoms with Gasteiger partial charge < -0.3 is 8.83 Å². The van der Waals surface area contributed by atoms with Crippen LogP contribution in [0.2, 0.25) is 0 Å². The van der Waals surface area contributed by atoms with E-state index in [2.05, 4.69) is 152 Å². The molecule has 32 nitrogen and oxygen atoms in total. The van der Waals surface area contributed by atoms with Crippen LogP contribution in [-0.4, -0.2) is 152 Å². The number of nitrogens with zero attached hydrogens (tertiary/aromatic N) is 30. The fourth-order valence-corrected chi connectivity index (χ4v) is 10.6. The largest absolute Gasteiger partial charge is 0.434 e. The highest BCUT2D eigenvalue weighted by Crippen LogP contribution is 2.31. The van der Waals surface area contributed by atoms with Crippen LogP contribution in [0.1, 0.15) is 0 Å². The summed E-state index contributed by atoms with van der Waals surface area (Å²) >= 11 is 6.22. The number of thiophene rings is 4. The predicted octanol–water partition coefficient (Wildman–Crippen LogP) is 5.24. The SMILES string of the molecule is c1cc2oc3ncnnc3c2nn1.c1cc2sc3ccnnc3c2nn1.c1cc2sc3nccnc3c2nn1.c1cc2sc3ncnnc3c2nn1.c1nnc2c(n1)oc1ncnnc12.c1nnc2c(n1)sc1ncnnc12. The second kappa shape index (κ2) is 21.1. The van der Waals surface area contributed by atoms with Crippen molar-refractivity contribution < 1.29 is 8.83 Å². The molecule has 0 unspecified atom stereocenters. The Hall–Kier alpha value is -11.0. The molecule has 0 atom stereocenters. The fourth-order valence-electron chi connectivity index (χ4n) is 6.94. The van der Waals surface area contributed by atoms with Crippen LogP contribution in [0.4, 0.5) is 0 Å². The summed E-state index contributed by atoms with van der Waals surface area (Å²) in [7, 11) is 0. The molecule has 0 aliphatic heterocycles. The Bertz CT molecular complexity index is 3970. The van der Waals surface area contributed by atoms with Gasteiger partial charge in [0.25, 0.3) is 17.1 Å². The Balaban J connectivity index is 0.0000000890. The highest BCUT2D eigenvalue weighted by atomic mass is 32.1. The second-order valence-corrected chi connectivity index (χ2v) is 18.8. The number of hydrogen-bond acceptors (Lipinski definition) is 36. The molecule has 372 valence electrons. The molecule has 0 saturated carbocycles. The average molecular weight is 1100 g/mol. The third-order valence-corrected chi connectivity index (χ3v) is 14.3. The molecule has 18 rings (SSSR count). The number of hydrogen-bond donors (Lipinski definition) is 0. The number of fused-ring (bicyclic) bond motifs is 18. The molecule has 36 heteroatoms. The van der Waals surface area contributed by atoms with E-state index in [0.29, 0.717) is 55.8 Å². The van der Waals surface area contributed by atoms with Crippen molar-refractivity contribution >= 4 is 172 Å². The normalized spacial score (nSPS) is 11.1. The Morgan fingerprint density at radius 2 is 0.564 bits per heavy atom. The van der Waals surface area contributed by atoms with E-state index in [-0.39, 0.29) is 0 Å². The standard InChI is InChI=1S/2C8H4N4S.C7H3N5O.C7H3N5S.C6H2N6O.C6H2N6S/c1-3-9-11-7-5(1)13-6-2-4-10-12-8(6)7;1-2-11-12-6-5(1)13-8-7(6)9-3-4-10-8;2*1-2-9-11-5-4(1)13-7-6(5)12-10-3-8-7;2*1-7-5-3(11-9-1)4-6(13-5)8-2-10-12-4/h2*1-4H;2*1-3H;2*1-2H. The molecule has 0 aliphatic carbocycles. The van der Waals surface area contributed by atoms with E-state index in [1.54, 1.807) is 83.5 Å². The molecule has 0 saturated heterocycles. The van der Waals surface area contributed by atoms with Crippen LogP contribution in [0.5, 0.6) is 0 Å². The zero-order valence-corrected chi connectivity index (χ0v) is 41.5. The van der Waals surface area contributed by atoms with Crippen LogP contribution in [0, 0.1) is 0 Å². The number of rotatable bonds is 0. The lowest BCUT2D eigenvalue weighted by atomic mass is 10.4. The van der Waals surface area contributed by atoms with Gasteiger partial charge in [-0.2, -0.15) is 40.4 Å². The zero-order valence-electron chi connectivity index (χ0n) is 38.3. The summed E-state index contributed by atoms with van der Waals surface area (Å²) in [6, 6.07) is 9.42. The van der Waals surface area contributed by atoms with Crippen molar-refractivity contribution in [3.8, 4) is 0 Å². The van der Waals surface area contributed by atoms with E-state index in [9.17, 15) is 0 Å². The van der Waals surface area contributed by atoms with Crippen molar-refractivity contribution in [2.24, 2.45) is 0 Å². The third kappa shape index (κ3) is 9.33. The molecule has 0 N–H and O–H groups in total. The maximum absolute atomic E-state index is 5.34. The lowest BCUT2D eigenvalue weighted by Crippen LogP contribution is -1.85. The summed E-state index contributed by atoms with van der Waals surface area (Å²) in [5.74, 6) is 0. The van der Waals surface area contributed by atoms with Gasteiger partial charge in [0.15, 0.2) is 44.2 Å². The Kier molecular flexibility index (Phi) is 12.7. The number of furan rings is 2. The molecule has 0 radical (unpaired) electrons. The molecule has 0 aliphatic rings. The summed E-state index contributed by atoms with van der Waals surface area (Å²) < 4.78 is 14.9. The summed E-state index contributed by atoms with van der Waals surface area (Å²) in [6.07, 6.45) is 19.8. The quantitative estimate of drug-likeness (QED) is 0.187. The van der Waals surface area contributed by atoms with E-state index in [1.165, 1.54) is 49.3 Å². The lowest BCUT2D eigenvalue weighted by molar-refractivity contribution is 0.633. The highest BCUT2D eigenvalue weighted by Gasteiger charge is 2.14. The second-order valence-electron chi connectivity index (χ2n) is 14.7. The van der Waals surface area contributed by atoms with Crippen molar-refractivity contribution in [2.75, 3.05) is 0 Å². The Morgan fingerprint density at radius 3 is 1.08 bits per heavy atom. The van der Waals surface area contributed by atoms with Crippen LogP contribution in [0.25, 0.3) is 127 Å². The van der Waals surface area contributed by atoms with Crippen molar-refractivity contribution in [1.29, 1.82) is 0 Å². The first-order chi connectivity index (χ1) is 38.7. The molecule has 0 bridgehead atoms. The maximum atomic E-state index is 5.34. The zero-order chi connectivity index (χ0) is 52.0. The third-order valence-electron chi connectivity index (χ3n) is 10.2. The van der Waals surface area contributed by atoms with Gasteiger partial charge in [-0.25, -0.2) is 24.9 Å². The monoisotopic (exact) mass is 1100 g/mol. The highest BCUT2D eigenvalue weighted by molar-refractivity contribution is 7.26. The smallest absolute Gasteiger partial charge is 0.253 e. The molecule has 0 fully saturated rings. The molecule has 0 spiro atoms. The van der Waals surface area contributed by atoms with Gasteiger partial charge in [-0.1, -0.05) is 11.3 Å². The van der Waals surface area contributed by atoms with Crippen LogP contribution >= 0.6 is 45.3 Å². The van der Waals surface area contributed by atoms with Crippen molar-refractivity contribution in [2.45, 2.75) is 0 Å². The van der Waals surface area contributed by atoms with Gasteiger partial charge in [0.05, 0.1) is 49.8 Å². The molecular formula is C42H18N30O2S4. The minimum atomic E-state index is 0.373. The van der Waals surface area contributed by atoms with Gasteiger partial charge in [-0.05, 0) is 24.3 Å². The Labute approximate surface area is 442 Å². The molecular weight excluding hydrogens is 1080 g/mol.